The van der Waals surface area contributed by atoms with Gasteiger partial charge in [-0.3, -0.25) is 0 Å². The van der Waals surface area contributed by atoms with Crippen LogP contribution < -0.4 is 4.74 Å². The first-order valence-electron chi connectivity index (χ1n) is 8.27. The molecule has 1 heterocycles. The van der Waals surface area contributed by atoms with E-state index in [1.807, 2.05) is 19.1 Å². The third kappa shape index (κ3) is 3.63. The molecule has 2 rings (SSSR count). The van der Waals surface area contributed by atoms with Crippen molar-refractivity contribution in [3.8, 4) is 5.75 Å². The lowest BCUT2D eigenvalue weighted by Gasteiger charge is -2.26. The molecule has 1 aliphatic heterocycles. The van der Waals surface area contributed by atoms with Gasteiger partial charge in [0.15, 0.2) is 0 Å². The van der Waals surface area contributed by atoms with Crippen LogP contribution in [0, 0.1) is 0 Å². The molecule has 1 aliphatic rings. The number of sulfonamides is 1. The Labute approximate surface area is 134 Å². The van der Waals surface area contributed by atoms with Crippen molar-refractivity contribution < 1.29 is 13.2 Å². The van der Waals surface area contributed by atoms with E-state index >= 15 is 0 Å². The number of hydrogen-bond donors (Lipinski definition) is 0. The highest BCUT2D eigenvalue weighted by Crippen LogP contribution is 2.32. The predicted octanol–water partition coefficient (Wildman–Crippen LogP) is 3.77. The molecule has 0 radical (unpaired) electrons. The molecule has 1 aromatic carbocycles. The maximum absolute atomic E-state index is 12.8. The minimum absolute atomic E-state index is 0.276. The fourth-order valence-electron chi connectivity index (χ4n) is 2.83. The van der Waals surface area contributed by atoms with Crippen LogP contribution >= 0.6 is 0 Å². The van der Waals surface area contributed by atoms with Gasteiger partial charge in [-0.15, -0.1) is 0 Å². The van der Waals surface area contributed by atoms with E-state index in [0.29, 0.717) is 24.6 Å². The molecule has 0 spiro atoms. The fourth-order valence-corrected chi connectivity index (χ4v) is 4.39. The number of rotatable bonds is 6. The maximum Gasteiger partial charge on any atom is 0.243 e. The highest BCUT2D eigenvalue weighted by atomic mass is 32.2. The van der Waals surface area contributed by atoms with E-state index in [-0.39, 0.29) is 5.92 Å². The summed E-state index contributed by atoms with van der Waals surface area (Å²) in [5.41, 5.74) is 0.988. The average Bonchev–Trinajstić information content (AvgIpc) is 2.55. The molecule has 124 valence electrons. The molecule has 0 saturated carbocycles. The van der Waals surface area contributed by atoms with Crippen molar-refractivity contribution in [3.05, 3.63) is 23.8 Å². The summed E-state index contributed by atoms with van der Waals surface area (Å²) in [6, 6.07) is 5.30. The van der Waals surface area contributed by atoms with Crippen LogP contribution in [0.1, 0.15) is 57.9 Å². The van der Waals surface area contributed by atoms with Gasteiger partial charge in [0.05, 0.1) is 11.5 Å². The maximum atomic E-state index is 12.8. The van der Waals surface area contributed by atoms with Crippen molar-refractivity contribution in [1.29, 1.82) is 0 Å². The Morgan fingerprint density at radius 3 is 2.45 bits per heavy atom. The smallest absolute Gasteiger partial charge is 0.243 e. The summed E-state index contributed by atoms with van der Waals surface area (Å²) >= 11 is 0. The van der Waals surface area contributed by atoms with Crippen LogP contribution in [-0.2, 0) is 10.0 Å². The first-order chi connectivity index (χ1) is 10.5. The standard InChI is InChI=1S/C17H27NO3S/c1-4-14(3)16-13-15(9-10-17(16)21-5-2)22(19,20)18-11-7-6-8-12-18/h9-10,13-14H,4-8,11-12H2,1-3H3/t14-/m1/s1. The summed E-state index contributed by atoms with van der Waals surface area (Å²) < 4.78 is 32.9. The summed E-state index contributed by atoms with van der Waals surface area (Å²) in [5, 5.41) is 0. The van der Waals surface area contributed by atoms with Gasteiger partial charge in [-0.05, 0) is 55.9 Å². The first kappa shape index (κ1) is 17.3. The molecule has 1 aromatic rings. The third-order valence-corrected chi connectivity index (χ3v) is 6.27. The predicted molar refractivity (Wildman–Crippen MR) is 88.9 cm³/mol. The SMILES string of the molecule is CCOc1ccc(S(=O)(=O)N2CCCCC2)cc1[C@H](C)CC. The Kier molecular flexibility index (Phi) is 5.87. The van der Waals surface area contributed by atoms with Crippen LogP contribution in [0.5, 0.6) is 5.75 Å². The summed E-state index contributed by atoms with van der Waals surface area (Å²) in [6.45, 7) is 8.00. The third-order valence-electron chi connectivity index (χ3n) is 4.38. The second-order valence-corrected chi connectivity index (χ2v) is 7.84. The number of nitrogens with zero attached hydrogens (tertiary/aromatic N) is 1. The van der Waals surface area contributed by atoms with Crippen molar-refractivity contribution in [1.82, 2.24) is 4.31 Å². The zero-order valence-corrected chi connectivity index (χ0v) is 14.7. The number of ether oxygens (including phenoxy) is 1. The molecule has 1 atom stereocenters. The number of benzene rings is 1. The largest absolute Gasteiger partial charge is 0.494 e. The van der Waals surface area contributed by atoms with Crippen LogP contribution in [0.25, 0.3) is 0 Å². The molecule has 4 nitrogen and oxygen atoms in total. The Morgan fingerprint density at radius 2 is 1.86 bits per heavy atom. The lowest BCUT2D eigenvalue weighted by molar-refractivity contribution is 0.333. The Balaban J connectivity index is 2.38. The molecule has 0 aromatic heterocycles. The summed E-state index contributed by atoms with van der Waals surface area (Å²) in [7, 11) is -3.38. The fraction of sp³-hybridized carbons (Fsp3) is 0.647. The Morgan fingerprint density at radius 1 is 1.18 bits per heavy atom. The second-order valence-electron chi connectivity index (χ2n) is 5.91. The van der Waals surface area contributed by atoms with E-state index in [1.54, 1.807) is 10.4 Å². The van der Waals surface area contributed by atoms with Crippen LogP contribution in [0.3, 0.4) is 0 Å². The highest BCUT2D eigenvalue weighted by molar-refractivity contribution is 7.89. The zero-order valence-electron chi connectivity index (χ0n) is 13.8. The summed E-state index contributed by atoms with van der Waals surface area (Å²) in [5.74, 6) is 1.08. The Bertz CT molecular complexity index is 592. The van der Waals surface area contributed by atoms with Crippen molar-refractivity contribution in [2.24, 2.45) is 0 Å². The van der Waals surface area contributed by atoms with E-state index < -0.39 is 10.0 Å². The lowest BCUT2D eigenvalue weighted by Crippen LogP contribution is -2.35. The van der Waals surface area contributed by atoms with Gasteiger partial charge in [0.25, 0.3) is 0 Å². The molecule has 1 saturated heterocycles. The van der Waals surface area contributed by atoms with Crippen molar-refractivity contribution in [2.75, 3.05) is 19.7 Å². The van der Waals surface area contributed by atoms with Crippen molar-refractivity contribution >= 4 is 10.0 Å². The topological polar surface area (TPSA) is 46.6 Å². The molecular weight excluding hydrogens is 298 g/mol. The lowest BCUT2D eigenvalue weighted by atomic mass is 9.98. The van der Waals surface area contributed by atoms with Gasteiger partial charge in [0, 0.05) is 13.1 Å². The van der Waals surface area contributed by atoms with Gasteiger partial charge in [0.1, 0.15) is 5.75 Å². The van der Waals surface area contributed by atoms with Crippen LogP contribution in [-0.4, -0.2) is 32.4 Å². The number of hydrogen-bond acceptors (Lipinski definition) is 3. The van der Waals surface area contributed by atoms with Gasteiger partial charge in [-0.2, -0.15) is 4.31 Å². The summed E-state index contributed by atoms with van der Waals surface area (Å²) in [4.78, 5) is 0.396. The molecule has 1 fully saturated rings. The van der Waals surface area contributed by atoms with E-state index in [4.69, 9.17) is 4.74 Å². The minimum atomic E-state index is -3.38. The van der Waals surface area contributed by atoms with Crippen LogP contribution in [0.2, 0.25) is 0 Å². The van der Waals surface area contributed by atoms with Crippen molar-refractivity contribution in [2.45, 2.75) is 57.3 Å². The van der Waals surface area contributed by atoms with E-state index in [2.05, 4.69) is 13.8 Å². The average molecular weight is 325 g/mol. The molecule has 0 N–H and O–H groups in total. The monoisotopic (exact) mass is 325 g/mol. The van der Waals surface area contributed by atoms with E-state index in [0.717, 1.165) is 37.0 Å². The first-order valence-corrected chi connectivity index (χ1v) is 9.71. The molecule has 5 heteroatoms. The molecule has 0 unspecified atom stereocenters. The van der Waals surface area contributed by atoms with Crippen LogP contribution in [0.15, 0.2) is 23.1 Å². The molecule has 0 aliphatic carbocycles. The van der Waals surface area contributed by atoms with Gasteiger partial charge < -0.3 is 4.74 Å². The van der Waals surface area contributed by atoms with Crippen molar-refractivity contribution in [3.63, 3.8) is 0 Å². The zero-order chi connectivity index (χ0) is 16.2. The molecule has 0 amide bonds. The van der Waals surface area contributed by atoms with Gasteiger partial charge in [-0.1, -0.05) is 20.3 Å². The van der Waals surface area contributed by atoms with Gasteiger partial charge >= 0.3 is 0 Å². The molecule has 22 heavy (non-hydrogen) atoms. The highest BCUT2D eigenvalue weighted by Gasteiger charge is 2.27. The minimum Gasteiger partial charge on any atom is -0.494 e. The second kappa shape index (κ2) is 7.47. The van der Waals surface area contributed by atoms with E-state index in [1.165, 1.54) is 0 Å². The van der Waals surface area contributed by atoms with Gasteiger partial charge in [0.2, 0.25) is 10.0 Å². The quantitative estimate of drug-likeness (QED) is 0.800. The molecular formula is C17H27NO3S. The summed E-state index contributed by atoms with van der Waals surface area (Å²) in [6.07, 6.45) is 3.98. The van der Waals surface area contributed by atoms with Gasteiger partial charge in [-0.25, -0.2) is 8.42 Å². The van der Waals surface area contributed by atoms with E-state index in [9.17, 15) is 8.42 Å². The normalized spacial score (nSPS) is 18.1. The molecule has 0 bridgehead atoms. The van der Waals surface area contributed by atoms with Crippen LogP contribution in [0.4, 0.5) is 0 Å². The number of piperidine rings is 1. The Hall–Kier alpha value is -1.07.